The Kier molecular flexibility index (Phi) is 5.27. The van der Waals surface area contributed by atoms with E-state index in [4.69, 9.17) is 4.74 Å². The highest BCUT2D eigenvalue weighted by Gasteiger charge is 2.15. The number of anilines is 2. The van der Waals surface area contributed by atoms with Crippen LogP contribution in [-0.4, -0.2) is 32.7 Å². The zero-order chi connectivity index (χ0) is 15.2. The van der Waals surface area contributed by atoms with Crippen LogP contribution in [0.2, 0.25) is 0 Å². The SMILES string of the molecule is CC(=O)N(C)c1ccc(NCC2CCOCC2)c(N=O)c1. The molecular formula is C15H21N3O3. The van der Waals surface area contributed by atoms with Crippen molar-refractivity contribution in [2.45, 2.75) is 19.8 Å². The highest BCUT2D eigenvalue weighted by Crippen LogP contribution is 2.30. The summed E-state index contributed by atoms with van der Waals surface area (Å²) in [6.07, 6.45) is 2.06. The molecule has 1 fully saturated rings. The monoisotopic (exact) mass is 291 g/mol. The molecule has 0 radical (unpaired) electrons. The Balaban J connectivity index is 2.05. The summed E-state index contributed by atoms with van der Waals surface area (Å²) in [5.41, 5.74) is 1.69. The van der Waals surface area contributed by atoms with E-state index in [2.05, 4.69) is 10.5 Å². The second kappa shape index (κ2) is 7.17. The molecule has 21 heavy (non-hydrogen) atoms. The zero-order valence-corrected chi connectivity index (χ0v) is 12.5. The summed E-state index contributed by atoms with van der Waals surface area (Å²) >= 11 is 0. The third-order valence-corrected chi connectivity index (χ3v) is 3.86. The van der Waals surface area contributed by atoms with Gasteiger partial charge in [0.2, 0.25) is 5.91 Å². The molecule has 2 rings (SSSR count). The Hall–Kier alpha value is -1.95. The average molecular weight is 291 g/mol. The van der Waals surface area contributed by atoms with Gasteiger partial charge in [0.1, 0.15) is 5.69 Å². The molecule has 1 aromatic carbocycles. The van der Waals surface area contributed by atoms with Crippen LogP contribution in [-0.2, 0) is 9.53 Å². The smallest absolute Gasteiger partial charge is 0.223 e. The Morgan fingerprint density at radius 2 is 2.14 bits per heavy atom. The van der Waals surface area contributed by atoms with Crippen LogP contribution in [0.1, 0.15) is 19.8 Å². The number of carbonyl (C=O) groups is 1. The normalized spacial score (nSPS) is 15.5. The van der Waals surface area contributed by atoms with Crippen LogP contribution >= 0.6 is 0 Å². The van der Waals surface area contributed by atoms with E-state index in [1.807, 2.05) is 6.07 Å². The molecule has 0 saturated carbocycles. The molecule has 1 heterocycles. The summed E-state index contributed by atoms with van der Waals surface area (Å²) in [6, 6.07) is 5.23. The molecule has 0 aliphatic carbocycles. The second-order valence-corrected chi connectivity index (χ2v) is 5.31. The predicted octanol–water partition coefficient (Wildman–Crippen LogP) is 2.91. The van der Waals surface area contributed by atoms with Gasteiger partial charge in [0, 0.05) is 39.4 Å². The van der Waals surface area contributed by atoms with Gasteiger partial charge in [0.25, 0.3) is 0 Å². The van der Waals surface area contributed by atoms with Crippen LogP contribution < -0.4 is 10.2 Å². The molecule has 0 atom stereocenters. The maximum atomic E-state index is 11.4. The first kappa shape index (κ1) is 15.4. The molecule has 1 N–H and O–H groups in total. The fraction of sp³-hybridized carbons (Fsp3) is 0.533. The van der Waals surface area contributed by atoms with E-state index in [0.29, 0.717) is 23.0 Å². The maximum absolute atomic E-state index is 11.4. The van der Waals surface area contributed by atoms with Gasteiger partial charge in [0.05, 0.1) is 5.69 Å². The Bertz CT molecular complexity index is 513. The van der Waals surface area contributed by atoms with Crippen LogP contribution in [0.5, 0.6) is 0 Å². The van der Waals surface area contributed by atoms with Gasteiger partial charge in [-0.25, -0.2) is 0 Å². The number of nitrogens with zero attached hydrogens (tertiary/aromatic N) is 2. The number of hydrogen-bond donors (Lipinski definition) is 1. The van der Waals surface area contributed by atoms with Crippen LogP contribution in [0, 0.1) is 10.8 Å². The minimum Gasteiger partial charge on any atom is -0.383 e. The first-order valence-corrected chi connectivity index (χ1v) is 7.15. The van der Waals surface area contributed by atoms with Crippen LogP contribution in [0.3, 0.4) is 0 Å². The number of hydrogen-bond acceptors (Lipinski definition) is 5. The van der Waals surface area contributed by atoms with Crippen molar-refractivity contribution in [3.05, 3.63) is 23.1 Å². The maximum Gasteiger partial charge on any atom is 0.223 e. The first-order chi connectivity index (χ1) is 10.1. The van der Waals surface area contributed by atoms with Crippen molar-refractivity contribution in [3.63, 3.8) is 0 Å². The van der Waals surface area contributed by atoms with Crippen molar-refractivity contribution >= 4 is 23.0 Å². The van der Waals surface area contributed by atoms with E-state index in [0.717, 1.165) is 32.6 Å². The number of benzene rings is 1. The summed E-state index contributed by atoms with van der Waals surface area (Å²) in [4.78, 5) is 23.8. The highest BCUT2D eigenvalue weighted by molar-refractivity contribution is 5.92. The van der Waals surface area contributed by atoms with Gasteiger partial charge in [-0.2, -0.15) is 0 Å². The van der Waals surface area contributed by atoms with Gasteiger partial charge in [-0.3, -0.25) is 4.79 Å². The summed E-state index contributed by atoms with van der Waals surface area (Å²) in [5.74, 6) is 0.465. The summed E-state index contributed by atoms with van der Waals surface area (Å²) < 4.78 is 5.33. The van der Waals surface area contributed by atoms with Gasteiger partial charge in [-0.05, 0) is 42.1 Å². The number of ether oxygens (including phenoxy) is 1. The van der Waals surface area contributed by atoms with Crippen molar-refractivity contribution in [1.29, 1.82) is 0 Å². The second-order valence-electron chi connectivity index (χ2n) is 5.31. The fourth-order valence-electron chi connectivity index (χ4n) is 2.34. The summed E-state index contributed by atoms with van der Waals surface area (Å²) in [7, 11) is 1.67. The Labute approximate surface area is 124 Å². The molecule has 1 aromatic rings. The lowest BCUT2D eigenvalue weighted by atomic mass is 10.0. The van der Waals surface area contributed by atoms with Crippen molar-refractivity contribution < 1.29 is 9.53 Å². The topological polar surface area (TPSA) is 71.0 Å². The van der Waals surface area contributed by atoms with Gasteiger partial charge in [-0.15, -0.1) is 4.91 Å². The van der Waals surface area contributed by atoms with E-state index in [-0.39, 0.29) is 5.91 Å². The fourth-order valence-corrected chi connectivity index (χ4v) is 2.34. The van der Waals surface area contributed by atoms with Crippen molar-refractivity contribution in [2.75, 3.05) is 37.0 Å². The van der Waals surface area contributed by atoms with E-state index < -0.39 is 0 Å². The first-order valence-electron chi connectivity index (χ1n) is 7.15. The number of amides is 1. The highest BCUT2D eigenvalue weighted by atomic mass is 16.5. The van der Waals surface area contributed by atoms with Crippen molar-refractivity contribution in [3.8, 4) is 0 Å². The lowest BCUT2D eigenvalue weighted by Crippen LogP contribution is -2.23. The third kappa shape index (κ3) is 4.01. The van der Waals surface area contributed by atoms with Crippen LogP contribution in [0.25, 0.3) is 0 Å². The lowest BCUT2D eigenvalue weighted by molar-refractivity contribution is -0.116. The van der Waals surface area contributed by atoms with Crippen molar-refractivity contribution in [2.24, 2.45) is 11.1 Å². The average Bonchev–Trinajstić information content (AvgIpc) is 2.53. The molecule has 1 amide bonds. The van der Waals surface area contributed by atoms with E-state index in [1.165, 1.54) is 11.8 Å². The minimum absolute atomic E-state index is 0.0882. The molecule has 0 bridgehead atoms. The number of nitroso groups, excluding NO2 is 1. The molecule has 0 aromatic heterocycles. The van der Waals surface area contributed by atoms with E-state index in [1.54, 1.807) is 19.2 Å². The third-order valence-electron chi connectivity index (χ3n) is 3.86. The standard InChI is InChI=1S/C15H21N3O3/c1-11(19)18(2)13-3-4-14(15(9-13)17-20)16-10-12-5-7-21-8-6-12/h3-4,9,12,16H,5-8,10H2,1-2H3. The quantitative estimate of drug-likeness (QED) is 0.847. The summed E-state index contributed by atoms with van der Waals surface area (Å²) in [6.45, 7) is 3.88. The van der Waals surface area contributed by atoms with E-state index in [9.17, 15) is 9.70 Å². The van der Waals surface area contributed by atoms with Gasteiger partial charge >= 0.3 is 0 Å². The van der Waals surface area contributed by atoms with Gasteiger partial charge < -0.3 is 15.0 Å². The number of carbonyl (C=O) groups excluding carboxylic acids is 1. The van der Waals surface area contributed by atoms with Crippen LogP contribution in [0.15, 0.2) is 23.4 Å². The molecule has 6 heteroatoms. The molecule has 0 spiro atoms. The Morgan fingerprint density at radius 1 is 1.43 bits per heavy atom. The van der Waals surface area contributed by atoms with Gasteiger partial charge in [-0.1, -0.05) is 0 Å². The zero-order valence-electron chi connectivity index (χ0n) is 12.5. The van der Waals surface area contributed by atoms with Crippen LogP contribution in [0.4, 0.5) is 17.1 Å². The molecule has 6 nitrogen and oxygen atoms in total. The molecule has 114 valence electrons. The molecular weight excluding hydrogens is 270 g/mol. The molecule has 1 aliphatic heterocycles. The van der Waals surface area contributed by atoms with Gasteiger partial charge in [0.15, 0.2) is 0 Å². The minimum atomic E-state index is -0.0882. The number of nitrogens with one attached hydrogen (secondary N) is 1. The van der Waals surface area contributed by atoms with Crippen molar-refractivity contribution in [1.82, 2.24) is 0 Å². The molecule has 0 unspecified atom stereocenters. The Morgan fingerprint density at radius 3 is 2.76 bits per heavy atom. The summed E-state index contributed by atoms with van der Waals surface area (Å²) in [5, 5.41) is 6.34. The lowest BCUT2D eigenvalue weighted by Gasteiger charge is -2.23. The molecule has 1 saturated heterocycles. The largest absolute Gasteiger partial charge is 0.383 e. The molecule has 1 aliphatic rings. The van der Waals surface area contributed by atoms with E-state index >= 15 is 0 Å². The number of rotatable bonds is 5. The predicted molar refractivity (Wildman–Crippen MR) is 83.0 cm³/mol.